The van der Waals surface area contributed by atoms with E-state index in [0.717, 1.165) is 38.1 Å². The van der Waals surface area contributed by atoms with E-state index in [1.54, 1.807) is 11.8 Å². The molecule has 2 rings (SSSR count). The molecule has 0 aromatic carbocycles. The Balaban J connectivity index is 1.79. The topological polar surface area (TPSA) is 80.1 Å². The van der Waals surface area contributed by atoms with Crippen molar-refractivity contribution in [3.8, 4) is 0 Å². The number of nitrogens with one attached hydrogen (secondary N) is 1. The lowest BCUT2D eigenvalue weighted by atomic mass is 10.2. The van der Waals surface area contributed by atoms with Crippen LogP contribution in [0.5, 0.6) is 0 Å². The van der Waals surface area contributed by atoms with Crippen molar-refractivity contribution in [3.63, 3.8) is 0 Å². The highest BCUT2D eigenvalue weighted by molar-refractivity contribution is 7.99. The average Bonchev–Trinajstić information content (AvgIpc) is 2.79. The van der Waals surface area contributed by atoms with Crippen molar-refractivity contribution in [1.29, 1.82) is 0 Å². The third-order valence-corrected chi connectivity index (χ3v) is 4.79. The molecule has 0 unspecified atom stereocenters. The number of carbonyl (C=O) groups excluding carboxylic acids is 2. The van der Waals surface area contributed by atoms with Crippen LogP contribution in [0, 0.1) is 0 Å². The normalized spacial score (nSPS) is 15.3. The number of nitrogens with zero attached hydrogens (tertiary/aromatic N) is 4. The van der Waals surface area contributed by atoms with Crippen LogP contribution in [0.1, 0.15) is 39.0 Å². The highest BCUT2D eigenvalue weighted by Gasteiger charge is 2.16. The molecule has 2 heterocycles. The molecule has 8 heteroatoms. The predicted molar refractivity (Wildman–Crippen MR) is 91.3 cm³/mol. The third-order valence-electron chi connectivity index (χ3n) is 3.63. The summed E-state index contributed by atoms with van der Waals surface area (Å²) in [5.41, 5.74) is 0. The summed E-state index contributed by atoms with van der Waals surface area (Å²) in [5.74, 6) is 1.57. The third kappa shape index (κ3) is 6.21. The van der Waals surface area contributed by atoms with Gasteiger partial charge in [0.2, 0.25) is 17.8 Å². The lowest BCUT2D eigenvalue weighted by Crippen LogP contribution is -2.34. The molecule has 0 aliphatic carbocycles. The molecule has 0 radical (unpaired) electrons. The van der Waals surface area contributed by atoms with Gasteiger partial charge in [-0.1, -0.05) is 19.8 Å². The molecular weight excluding hydrogens is 314 g/mol. The van der Waals surface area contributed by atoms with E-state index in [1.165, 1.54) is 23.9 Å². The first-order valence-corrected chi connectivity index (χ1v) is 9.39. The predicted octanol–water partition coefficient (Wildman–Crippen LogP) is 1.76. The quantitative estimate of drug-likeness (QED) is 0.766. The lowest BCUT2D eigenvalue weighted by molar-refractivity contribution is -0.132. The maximum Gasteiger partial charge on any atom is 0.248 e. The maximum atomic E-state index is 12.3. The number of aromatic nitrogens is 3. The van der Waals surface area contributed by atoms with Gasteiger partial charge < -0.3 is 4.90 Å². The second kappa shape index (κ2) is 9.54. The number of amides is 2. The molecule has 0 spiro atoms. The van der Waals surface area contributed by atoms with Crippen molar-refractivity contribution in [2.45, 2.75) is 45.6 Å². The molecule has 23 heavy (non-hydrogen) atoms. The van der Waals surface area contributed by atoms with Crippen LogP contribution in [0.3, 0.4) is 0 Å². The first kappa shape index (κ1) is 17.8. The van der Waals surface area contributed by atoms with Gasteiger partial charge in [0.1, 0.15) is 12.9 Å². The summed E-state index contributed by atoms with van der Waals surface area (Å²) in [6.07, 6.45) is 7.06. The fourth-order valence-corrected chi connectivity index (χ4v) is 3.15. The van der Waals surface area contributed by atoms with Gasteiger partial charge in [0.25, 0.3) is 0 Å². The zero-order chi connectivity index (χ0) is 16.5. The van der Waals surface area contributed by atoms with Crippen LogP contribution in [-0.2, 0) is 16.1 Å². The van der Waals surface area contributed by atoms with Crippen LogP contribution in [0.2, 0.25) is 0 Å². The minimum absolute atomic E-state index is 0.0631. The van der Waals surface area contributed by atoms with Gasteiger partial charge in [-0.05, 0) is 25.0 Å². The van der Waals surface area contributed by atoms with Gasteiger partial charge in [-0.15, -0.1) is 5.10 Å². The van der Waals surface area contributed by atoms with Crippen molar-refractivity contribution >= 4 is 29.5 Å². The fourth-order valence-electron chi connectivity index (χ4n) is 2.46. The molecular formula is C15H25N5O2S. The summed E-state index contributed by atoms with van der Waals surface area (Å²) in [4.78, 5) is 29.9. The Kier molecular flexibility index (Phi) is 7.38. The average molecular weight is 339 g/mol. The summed E-state index contributed by atoms with van der Waals surface area (Å²) in [6, 6.07) is 0. The molecule has 1 N–H and O–H groups in total. The number of hydrogen-bond acceptors (Lipinski definition) is 5. The molecule has 1 aromatic heterocycles. The van der Waals surface area contributed by atoms with Crippen molar-refractivity contribution in [2.75, 3.05) is 29.9 Å². The summed E-state index contributed by atoms with van der Waals surface area (Å²) >= 11 is 1.58. The molecule has 0 atom stereocenters. The van der Waals surface area contributed by atoms with E-state index < -0.39 is 0 Å². The Morgan fingerprint density at radius 1 is 1.26 bits per heavy atom. The van der Waals surface area contributed by atoms with E-state index in [0.29, 0.717) is 5.75 Å². The first-order chi connectivity index (χ1) is 11.2. The second-order valence-electron chi connectivity index (χ2n) is 5.66. The number of thioether (sulfide) groups is 1. The van der Waals surface area contributed by atoms with E-state index in [-0.39, 0.29) is 24.3 Å². The van der Waals surface area contributed by atoms with Crippen LogP contribution >= 0.6 is 11.8 Å². The molecule has 1 aliphatic rings. The molecule has 1 aliphatic heterocycles. The Labute approximate surface area is 141 Å². The van der Waals surface area contributed by atoms with Crippen molar-refractivity contribution in [2.24, 2.45) is 0 Å². The molecule has 7 nitrogen and oxygen atoms in total. The monoisotopic (exact) mass is 339 g/mol. The molecule has 2 amide bonds. The number of carbonyl (C=O) groups is 2. The van der Waals surface area contributed by atoms with Crippen LogP contribution in [-0.4, -0.2) is 56.1 Å². The second-order valence-corrected chi connectivity index (χ2v) is 6.77. The Morgan fingerprint density at radius 2 is 2.00 bits per heavy atom. The number of anilines is 1. The van der Waals surface area contributed by atoms with Crippen LogP contribution < -0.4 is 5.32 Å². The van der Waals surface area contributed by atoms with Crippen LogP contribution in [0.4, 0.5) is 5.95 Å². The smallest absolute Gasteiger partial charge is 0.248 e. The minimum Gasteiger partial charge on any atom is -0.341 e. The highest BCUT2D eigenvalue weighted by Crippen LogP contribution is 2.10. The van der Waals surface area contributed by atoms with E-state index in [2.05, 4.69) is 22.3 Å². The lowest BCUT2D eigenvalue weighted by Gasteiger charge is -2.19. The van der Waals surface area contributed by atoms with Gasteiger partial charge in [0.05, 0.1) is 5.75 Å². The maximum absolute atomic E-state index is 12.3. The zero-order valence-electron chi connectivity index (χ0n) is 13.7. The van der Waals surface area contributed by atoms with Crippen molar-refractivity contribution in [1.82, 2.24) is 19.7 Å². The van der Waals surface area contributed by atoms with Crippen LogP contribution in [0.25, 0.3) is 0 Å². The van der Waals surface area contributed by atoms with Crippen molar-refractivity contribution < 1.29 is 9.59 Å². The molecule has 1 aromatic rings. The summed E-state index contributed by atoms with van der Waals surface area (Å²) in [7, 11) is 0. The van der Waals surface area contributed by atoms with Crippen LogP contribution in [0.15, 0.2) is 6.33 Å². The van der Waals surface area contributed by atoms with Crippen molar-refractivity contribution in [3.05, 3.63) is 6.33 Å². The largest absolute Gasteiger partial charge is 0.341 e. The number of likely N-dealkylation sites (tertiary alicyclic amines) is 1. The van der Waals surface area contributed by atoms with E-state index in [1.807, 2.05) is 4.90 Å². The van der Waals surface area contributed by atoms with Gasteiger partial charge in [0, 0.05) is 13.1 Å². The molecule has 128 valence electrons. The SMILES string of the molecule is CCCSCC(=O)Nc1ncn(CC(=O)N2CCCCCC2)n1. The van der Waals surface area contributed by atoms with Gasteiger partial charge >= 0.3 is 0 Å². The van der Waals surface area contributed by atoms with E-state index >= 15 is 0 Å². The van der Waals surface area contributed by atoms with Gasteiger partial charge in [-0.25, -0.2) is 9.67 Å². The van der Waals surface area contributed by atoms with E-state index in [9.17, 15) is 9.59 Å². The Hall–Kier alpha value is -1.57. The van der Waals surface area contributed by atoms with Gasteiger partial charge in [-0.3, -0.25) is 14.9 Å². The van der Waals surface area contributed by atoms with E-state index in [4.69, 9.17) is 0 Å². The fraction of sp³-hybridized carbons (Fsp3) is 0.733. The Morgan fingerprint density at radius 3 is 2.70 bits per heavy atom. The zero-order valence-corrected chi connectivity index (χ0v) is 14.5. The summed E-state index contributed by atoms with van der Waals surface area (Å²) < 4.78 is 1.49. The number of hydrogen-bond donors (Lipinski definition) is 1. The minimum atomic E-state index is -0.111. The summed E-state index contributed by atoms with van der Waals surface area (Å²) in [6.45, 7) is 3.90. The standard InChI is InChI=1S/C15H25N5O2S/c1-2-9-23-11-13(21)17-15-16-12-20(18-15)10-14(22)19-7-5-3-4-6-8-19/h12H,2-11H2,1H3,(H,17,18,21). The number of rotatable bonds is 7. The van der Waals surface area contributed by atoms with Gasteiger partial charge in [-0.2, -0.15) is 11.8 Å². The highest BCUT2D eigenvalue weighted by atomic mass is 32.2. The molecule has 1 fully saturated rings. The first-order valence-electron chi connectivity index (χ1n) is 8.24. The Bertz CT molecular complexity index is 512. The molecule has 1 saturated heterocycles. The van der Waals surface area contributed by atoms with Gasteiger partial charge in [0.15, 0.2) is 0 Å². The molecule has 0 bridgehead atoms. The molecule has 0 saturated carbocycles. The summed E-state index contributed by atoms with van der Waals surface area (Å²) in [5, 5.41) is 6.81.